The maximum atomic E-state index is 12.3. The predicted molar refractivity (Wildman–Crippen MR) is 105 cm³/mol. The largest absolute Gasteiger partial charge is 0.481 e. The van der Waals surface area contributed by atoms with Crippen molar-refractivity contribution in [1.82, 2.24) is 4.90 Å². The minimum atomic E-state index is -0.798. The number of carboxylic acids is 1. The van der Waals surface area contributed by atoms with E-state index in [1.807, 2.05) is 41.3 Å². The highest BCUT2D eigenvalue weighted by Crippen LogP contribution is 2.23. The van der Waals surface area contributed by atoms with Crippen LogP contribution in [0.1, 0.15) is 63.0 Å². The Kier molecular flexibility index (Phi) is 8.52. The SMILES string of the molecule is CCCCCC(O)C=CC1CCC(=O)N1Cc1ccc(CCC(=O)O)cc1. The highest BCUT2D eigenvalue weighted by Gasteiger charge is 2.29. The fourth-order valence-electron chi connectivity index (χ4n) is 3.38. The summed E-state index contributed by atoms with van der Waals surface area (Å²) in [7, 11) is 0. The van der Waals surface area contributed by atoms with Crippen molar-refractivity contribution in [3.63, 3.8) is 0 Å². The molecule has 1 aromatic rings. The van der Waals surface area contributed by atoms with Gasteiger partial charge in [-0.15, -0.1) is 0 Å². The number of nitrogens with zero attached hydrogens (tertiary/aromatic N) is 1. The van der Waals surface area contributed by atoms with Crippen molar-refractivity contribution in [3.05, 3.63) is 47.5 Å². The van der Waals surface area contributed by atoms with Gasteiger partial charge >= 0.3 is 5.97 Å². The Morgan fingerprint density at radius 3 is 2.63 bits per heavy atom. The molecule has 1 fully saturated rings. The Balaban J connectivity index is 1.91. The summed E-state index contributed by atoms with van der Waals surface area (Å²) in [6.07, 6.45) is 9.37. The third-order valence-electron chi connectivity index (χ3n) is 5.04. The summed E-state index contributed by atoms with van der Waals surface area (Å²) >= 11 is 0. The number of hydrogen-bond acceptors (Lipinski definition) is 3. The minimum Gasteiger partial charge on any atom is -0.481 e. The third-order valence-corrected chi connectivity index (χ3v) is 5.04. The summed E-state index contributed by atoms with van der Waals surface area (Å²) in [5.74, 6) is -0.659. The number of rotatable bonds is 11. The summed E-state index contributed by atoms with van der Waals surface area (Å²) in [4.78, 5) is 24.8. The molecule has 2 rings (SSSR count). The molecular weight excluding hydrogens is 342 g/mol. The number of benzene rings is 1. The number of carboxylic acid groups (broad SMARTS) is 1. The second-order valence-corrected chi connectivity index (χ2v) is 7.29. The molecule has 5 heteroatoms. The van der Waals surface area contributed by atoms with Crippen LogP contribution in [0.5, 0.6) is 0 Å². The van der Waals surface area contributed by atoms with Gasteiger partial charge in [0.15, 0.2) is 0 Å². The highest BCUT2D eigenvalue weighted by molar-refractivity contribution is 5.79. The van der Waals surface area contributed by atoms with Crippen molar-refractivity contribution in [1.29, 1.82) is 0 Å². The van der Waals surface area contributed by atoms with E-state index in [9.17, 15) is 14.7 Å². The molecule has 1 aromatic carbocycles. The zero-order chi connectivity index (χ0) is 19.6. The molecule has 0 radical (unpaired) electrons. The van der Waals surface area contributed by atoms with Crippen LogP contribution in [0.4, 0.5) is 0 Å². The monoisotopic (exact) mass is 373 g/mol. The van der Waals surface area contributed by atoms with Gasteiger partial charge in [-0.2, -0.15) is 0 Å². The number of aliphatic carboxylic acids is 1. The molecule has 5 nitrogen and oxygen atoms in total. The maximum absolute atomic E-state index is 12.3. The Morgan fingerprint density at radius 1 is 1.26 bits per heavy atom. The molecule has 2 unspecified atom stereocenters. The second kappa shape index (κ2) is 10.9. The Labute approximate surface area is 161 Å². The van der Waals surface area contributed by atoms with E-state index < -0.39 is 12.1 Å². The van der Waals surface area contributed by atoms with Gasteiger partial charge in [-0.05, 0) is 30.4 Å². The van der Waals surface area contributed by atoms with Gasteiger partial charge in [0, 0.05) is 19.4 Å². The molecule has 0 aliphatic carbocycles. The van der Waals surface area contributed by atoms with Crippen molar-refractivity contribution in [2.24, 2.45) is 0 Å². The maximum Gasteiger partial charge on any atom is 0.303 e. The Hall–Kier alpha value is -2.14. The first-order chi connectivity index (χ1) is 13.0. The van der Waals surface area contributed by atoms with Crippen LogP contribution >= 0.6 is 0 Å². The molecule has 1 heterocycles. The van der Waals surface area contributed by atoms with E-state index >= 15 is 0 Å². The van der Waals surface area contributed by atoms with Crippen molar-refractivity contribution >= 4 is 11.9 Å². The van der Waals surface area contributed by atoms with E-state index in [-0.39, 0.29) is 18.4 Å². The van der Waals surface area contributed by atoms with E-state index in [1.54, 1.807) is 0 Å². The molecule has 0 spiro atoms. The minimum absolute atomic E-state index is 0.0324. The van der Waals surface area contributed by atoms with E-state index in [1.165, 1.54) is 0 Å². The van der Waals surface area contributed by atoms with Gasteiger partial charge < -0.3 is 15.1 Å². The lowest BCUT2D eigenvalue weighted by Gasteiger charge is -2.23. The van der Waals surface area contributed by atoms with Crippen LogP contribution in [0.2, 0.25) is 0 Å². The topological polar surface area (TPSA) is 77.8 Å². The normalized spacial score (nSPS) is 18.4. The van der Waals surface area contributed by atoms with Gasteiger partial charge in [0.05, 0.1) is 12.1 Å². The Bertz CT molecular complexity index is 638. The van der Waals surface area contributed by atoms with Crippen LogP contribution < -0.4 is 0 Å². The molecule has 148 valence electrons. The van der Waals surface area contributed by atoms with Gasteiger partial charge in [-0.1, -0.05) is 62.6 Å². The fourth-order valence-corrected chi connectivity index (χ4v) is 3.38. The molecule has 2 N–H and O–H groups in total. The molecule has 1 aliphatic rings. The lowest BCUT2D eigenvalue weighted by atomic mass is 10.1. The number of likely N-dealkylation sites (tertiary alicyclic amines) is 1. The molecule has 27 heavy (non-hydrogen) atoms. The number of aliphatic hydroxyl groups is 1. The zero-order valence-corrected chi connectivity index (χ0v) is 16.1. The second-order valence-electron chi connectivity index (χ2n) is 7.29. The molecule has 0 saturated carbocycles. The third kappa shape index (κ3) is 7.18. The molecule has 1 saturated heterocycles. The standard InChI is InChI=1S/C22H31NO4/c1-2-3-4-5-20(24)13-11-19-12-14-21(25)23(19)16-18-8-6-17(7-9-18)10-15-22(26)27/h6-9,11,13,19-20,24H,2-5,10,12,14-16H2,1H3,(H,26,27). The predicted octanol–water partition coefficient (Wildman–Crippen LogP) is 3.69. The molecule has 2 atom stereocenters. The lowest BCUT2D eigenvalue weighted by molar-refractivity contribution is -0.137. The first-order valence-electron chi connectivity index (χ1n) is 9.95. The quantitative estimate of drug-likeness (QED) is 0.458. The lowest BCUT2D eigenvalue weighted by Crippen LogP contribution is -2.31. The highest BCUT2D eigenvalue weighted by atomic mass is 16.4. The van der Waals surface area contributed by atoms with Crippen LogP contribution in [0.25, 0.3) is 0 Å². The van der Waals surface area contributed by atoms with Gasteiger partial charge in [0.25, 0.3) is 0 Å². The van der Waals surface area contributed by atoms with Crippen LogP contribution in [0.15, 0.2) is 36.4 Å². The smallest absolute Gasteiger partial charge is 0.303 e. The molecule has 0 aromatic heterocycles. The van der Waals surface area contributed by atoms with E-state index in [4.69, 9.17) is 5.11 Å². The molecule has 0 bridgehead atoms. The number of unbranched alkanes of at least 4 members (excludes halogenated alkanes) is 2. The number of amides is 1. The number of carbonyl (C=O) groups excluding carboxylic acids is 1. The zero-order valence-electron chi connectivity index (χ0n) is 16.1. The molecule has 1 aliphatic heterocycles. The summed E-state index contributed by atoms with van der Waals surface area (Å²) in [6, 6.07) is 7.82. The van der Waals surface area contributed by atoms with Gasteiger partial charge in [0.2, 0.25) is 5.91 Å². The van der Waals surface area contributed by atoms with Crippen molar-refractivity contribution < 1.29 is 19.8 Å². The number of aryl methyl sites for hydroxylation is 1. The van der Waals surface area contributed by atoms with Crippen LogP contribution in [-0.2, 0) is 22.6 Å². The summed E-state index contributed by atoms with van der Waals surface area (Å²) in [5, 5.41) is 18.8. The summed E-state index contributed by atoms with van der Waals surface area (Å²) < 4.78 is 0. The van der Waals surface area contributed by atoms with Crippen molar-refractivity contribution in [2.75, 3.05) is 0 Å². The number of aliphatic hydroxyl groups excluding tert-OH is 1. The van der Waals surface area contributed by atoms with Crippen molar-refractivity contribution in [2.45, 2.75) is 77.0 Å². The molecule has 1 amide bonds. The first-order valence-corrected chi connectivity index (χ1v) is 9.95. The summed E-state index contributed by atoms with van der Waals surface area (Å²) in [6.45, 7) is 2.68. The summed E-state index contributed by atoms with van der Waals surface area (Å²) in [5.41, 5.74) is 2.02. The average Bonchev–Trinajstić information content (AvgIpc) is 2.99. The average molecular weight is 373 g/mol. The number of hydrogen-bond donors (Lipinski definition) is 2. The fraction of sp³-hybridized carbons (Fsp3) is 0.545. The first kappa shape index (κ1) is 21.2. The molecular formula is C22H31NO4. The van der Waals surface area contributed by atoms with E-state index in [0.29, 0.717) is 19.4 Å². The van der Waals surface area contributed by atoms with Crippen LogP contribution in [0, 0.1) is 0 Å². The van der Waals surface area contributed by atoms with Gasteiger partial charge in [0.1, 0.15) is 0 Å². The van der Waals surface area contributed by atoms with Crippen LogP contribution in [0.3, 0.4) is 0 Å². The van der Waals surface area contributed by atoms with Gasteiger partial charge in [-0.25, -0.2) is 0 Å². The van der Waals surface area contributed by atoms with E-state index in [2.05, 4.69) is 6.92 Å². The van der Waals surface area contributed by atoms with E-state index in [0.717, 1.165) is 43.2 Å². The van der Waals surface area contributed by atoms with Crippen LogP contribution in [-0.4, -0.2) is 39.1 Å². The number of carbonyl (C=O) groups is 2. The van der Waals surface area contributed by atoms with Gasteiger partial charge in [-0.3, -0.25) is 9.59 Å². The Morgan fingerprint density at radius 2 is 1.96 bits per heavy atom. The van der Waals surface area contributed by atoms with Crippen molar-refractivity contribution in [3.8, 4) is 0 Å².